The fourth-order valence-electron chi connectivity index (χ4n) is 4.00. The monoisotopic (exact) mass is 380 g/mol. The number of piperidine rings is 1. The van der Waals surface area contributed by atoms with Crippen molar-refractivity contribution >= 4 is 22.5 Å². The molecule has 6 heteroatoms. The van der Waals surface area contributed by atoms with Crippen molar-refractivity contribution in [2.45, 2.75) is 18.8 Å². The summed E-state index contributed by atoms with van der Waals surface area (Å²) in [5.41, 5.74) is 4.51. The summed E-state index contributed by atoms with van der Waals surface area (Å²) in [4.78, 5) is 23.3. The van der Waals surface area contributed by atoms with Crippen molar-refractivity contribution in [3.63, 3.8) is 0 Å². The topological polar surface area (TPSA) is 62.1 Å². The number of rotatable bonds is 3. The average molecular weight is 380 g/mol. The first kappa shape index (κ1) is 17.4. The molecular weight excluding hydrogens is 360 g/mol. The van der Waals surface area contributed by atoms with Crippen molar-refractivity contribution in [2.75, 3.05) is 18.0 Å². The molecule has 1 aliphatic rings. The Morgan fingerprint density at radius 2 is 1.79 bits per heavy atom. The number of aromatic amines is 1. The van der Waals surface area contributed by atoms with Gasteiger partial charge in [-0.2, -0.15) is 0 Å². The highest BCUT2D eigenvalue weighted by Gasteiger charge is 2.25. The summed E-state index contributed by atoms with van der Waals surface area (Å²) >= 11 is 0. The molecule has 0 amide bonds. The van der Waals surface area contributed by atoms with Gasteiger partial charge in [-0.05, 0) is 25.0 Å². The van der Waals surface area contributed by atoms with Gasteiger partial charge in [-0.3, -0.25) is 4.98 Å². The summed E-state index contributed by atoms with van der Waals surface area (Å²) in [6, 6.07) is 15.8. The molecular formula is C23H20N6. The van der Waals surface area contributed by atoms with E-state index >= 15 is 0 Å². The molecule has 1 aliphatic heterocycles. The summed E-state index contributed by atoms with van der Waals surface area (Å²) in [6.07, 6.45) is 5.52. The second-order valence-corrected chi connectivity index (χ2v) is 7.29. The third-order valence-electron chi connectivity index (χ3n) is 5.52. The van der Waals surface area contributed by atoms with E-state index < -0.39 is 0 Å². The number of nitrogens with zero attached hydrogens (tertiary/aromatic N) is 5. The SMILES string of the molecule is [C-]#[N+]c1ccc2[nH]c(C3CCN(c4nccnc4-c4ccccc4)CC3)nc2c1. The highest BCUT2D eigenvalue weighted by Crippen LogP contribution is 2.33. The molecule has 29 heavy (non-hydrogen) atoms. The maximum absolute atomic E-state index is 7.18. The van der Waals surface area contributed by atoms with Crippen LogP contribution in [0.4, 0.5) is 11.5 Å². The lowest BCUT2D eigenvalue weighted by atomic mass is 9.96. The highest BCUT2D eigenvalue weighted by atomic mass is 15.2. The van der Waals surface area contributed by atoms with E-state index in [4.69, 9.17) is 11.6 Å². The molecule has 0 radical (unpaired) electrons. The number of fused-ring (bicyclic) bond motifs is 1. The van der Waals surface area contributed by atoms with Gasteiger partial charge in [0.15, 0.2) is 11.5 Å². The summed E-state index contributed by atoms with van der Waals surface area (Å²) in [5, 5.41) is 0. The molecule has 4 aromatic rings. The molecule has 1 fully saturated rings. The van der Waals surface area contributed by atoms with Crippen molar-refractivity contribution in [1.82, 2.24) is 19.9 Å². The van der Waals surface area contributed by atoms with Crippen LogP contribution in [0.25, 0.3) is 27.1 Å². The standard InChI is InChI=1S/C23H20N6/c1-24-18-7-8-19-20(15-18)28-22(27-19)17-9-13-29(14-10-17)23-21(25-11-12-26-23)16-5-3-2-4-6-16/h2-8,11-12,15,17H,9-10,13-14H2,(H,27,28). The fraction of sp³-hybridized carbons (Fsp3) is 0.217. The molecule has 6 nitrogen and oxygen atoms in total. The predicted octanol–water partition coefficient (Wildman–Crippen LogP) is 4.95. The normalized spacial score (nSPS) is 14.8. The van der Waals surface area contributed by atoms with Gasteiger partial charge in [0.2, 0.25) is 0 Å². The summed E-state index contributed by atoms with van der Waals surface area (Å²) in [7, 11) is 0. The van der Waals surface area contributed by atoms with Crippen LogP contribution in [0.5, 0.6) is 0 Å². The van der Waals surface area contributed by atoms with Crippen molar-refractivity contribution in [3.05, 3.63) is 78.2 Å². The van der Waals surface area contributed by atoms with Crippen LogP contribution >= 0.6 is 0 Å². The summed E-state index contributed by atoms with van der Waals surface area (Å²) in [5.74, 6) is 2.35. The molecule has 142 valence electrons. The quantitative estimate of drug-likeness (QED) is 0.511. The van der Waals surface area contributed by atoms with Gasteiger partial charge >= 0.3 is 0 Å². The molecule has 0 atom stereocenters. The van der Waals surface area contributed by atoms with E-state index in [1.807, 2.05) is 36.4 Å². The van der Waals surface area contributed by atoms with Crippen molar-refractivity contribution in [3.8, 4) is 11.3 Å². The van der Waals surface area contributed by atoms with E-state index in [-0.39, 0.29) is 0 Å². The molecule has 2 aromatic heterocycles. The maximum atomic E-state index is 7.18. The molecule has 0 unspecified atom stereocenters. The maximum Gasteiger partial charge on any atom is 0.189 e. The van der Waals surface area contributed by atoms with Crippen molar-refractivity contribution in [1.29, 1.82) is 0 Å². The molecule has 0 spiro atoms. The minimum absolute atomic E-state index is 0.381. The zero-order valence-corrected chi connectivity index (χ0v) is 15.9. The molecule has 1 saturated heterocycles. The van der Waals surface area contributed by atoms with Gasteiger partial charge in [-0.25, -0.2) is 14.8 Å². The Morgan fingerprint density at radius 1 is 1.00 bits per heavy atom. The molecule has 0 bridgehead atoms. The van der Waals surface area contributed by atoms with E-state index in [1.165, 1.54) is 0 Å². The molecule has 1 N–H and O–H groups in total. The van der Waals surface area contributed by atoms with Crippen LogP contribution in [0.1, 0.15) is 24.6 Å². The van der Waals surface area contributed by atoms with Gasteiger partial charge in [0.25, 0.3) is 0 Å². The molecule has 0 saturated carbocycles. The smallest absolute Gasteiger partial charge is 0.189 e. The highest BCUT2D eigenvalue weighted by molar-refractivity contribution is 5.79. The number of aromatic nitrogens is 4. The third-order valence-corrected chi connectivity index (χ3v) is 5.52. The van der Waals surface area contributed by atoms with Gasteiger partial charge in [-0.1, -0.05) is 36.4 Å². The second-order valence-electron chi connectivity index (χ2n) is 7.29. The number of hydrogen-bond donors (Lipinski definition) is 1. The van der Waals surface area contributed by atoms with Crippen LogP contribution in [0.3, 0.4) is 0 Å². The molecule has 2 aromatic carbocycles. The molecule has 3 heterocycles. The van der Waals surface area contributed by atoms with Gasteiger partial charge in [0, 0.05) is 37.0 Å². The van der Waals surface area contributed by atoms with Crippen molar-refractivity contribution < 1.29 is 0 Å². The van der Waals surface area contributed by atoms with E-state index in [9.17, 15) is 0 Å². The lowest BCUT2D eigenvalue weighted by Gasteiger charge is -2.32. The minimum atomic E-state index is 0.381. The molecule has 0 aliphatic carbocycles. The van der Waals surface area contributed by atoms with E-state index in [2.05, 4.69) is 36.8 Å². The van der Waals surface area contributed by atoms with Crippen LogP contribution in [-0.4, -0.2) is 33.0 Å². The fourth-order valence-corrected chi connectivity index (χ4v) is 4.00. The number of nitrogens with one attached hydrogen (secondary N) is 1. The first-order chi connectivity index (χ1) is 14.3. The minimum Gasteiger partial charge on any atom is -0.355 e. The van der Waals surface area contributed by atoms with Gasteiger partial charge < -0.3 is 9.88 Å². The lowest BCUT2D eigenvalue weighted by Crippen LogP contribution is -2.34. The van der Waals surface area contributed by atoms with Crippen LogP contribution in [0.2, 0.25) is 0 Å². The Bertz CT molecular complexity index is 1180. The molecule has 5 rings (SSSR count). The van der Waals surface area contributed by atoms with Gasteiger partial charge in [0.05, 0.1) is 17.6 Å². The average Bonchev–Trinajstić information content (AvgIpc) is 3.23. The van der Waals surface area contributed by atoms with E-state index in [0.29, 0.717) is 11.6 Å². The van der Waals surface area contributed by atoms with E-state index in [1.54, 1.807) is 12.4 Å². The Hall–Kier alpha value is -3.72. The number of anilines is 1. The van der Waals surface area contributed by atoms with Crippen LogP contribution in [-0.2, 0) is 0 Å². The Labute approximate surface area is 169 Å². The van der Waals surface area contributed by atoms with Gasteiger partial charge in [0.1, 0.15) is 11.5 Å². The number of hydrogen-bond acceptors (Lipinski definition) is 4. The first-order valence-electron chi connectivity index (χ1n) is 9.80. The Kier molecular flexibility index (Phi) is 4.41. The third kappa shape index (κ3) is 3.32. The van der Waals surface area contributed by atoms with Crippen LogP contribution < -0.4 is 4.90 Å². The first-order valence-corrected chi connectivity index (χ1v) is 9.80. The van der Waals surface area contributed by atoms with E-state index in [0.717, 1.165) is 59.9 Å². The second kappa shape index (κ2) is 7.36. The Morgan fingerprint density at radius 3 is 2.59 bits per heavy atom. The zero-order valence-electron chi connectivity index (χ0n) is 15.9. The summed E-state index contributed by atoms with van der Waals surface area (Å²) < 4.78 is 0. The predicted molar refractivity (Wildman–Crippen MR) is 114 cm³/mol. The number of H-pyrrole nitrogens is 1. The largest absolute Gasteiger partial charge is 0.355 e. The lowest BCUT2D eigenvalue weighted by molar-refractivity contribution is 0.487. The van der Waals surface area contributed by atoms with Gasteiger partial charge in [-0.15, -0.1) is 0 Å². The zero-order chi connectivity index (χ0) is 19.6. The van der Waals surface area contributed by atoms with Crippen molar-refractivity contribution in [2.24, 2.45) is 0 Å². The van der Waals surface area contributed by atoms with Crippen LogP contribution in [0.15, 0.2) is 60.9 Å². The van der Waals surface area contributed by atoms with Crippen LogP contribution in [0, 0.1) is 6.57 Å². The Balaban J connectivity index is 1.36. The number of benzene rings is 2. The summed E-state index contributed by atoms with van der Waals surface area (Å²) in [6.45, 7) is 9.00. The number of imidazole rings is 1.